The Kier molecular flexibility index (Phi) is 5.88. The number of aromatic nitrogens is 1. The predicted octanol–water partition coefficient (Wildman–Crippen LogP) is 3.32. The molecule has 1 saturated heterocycles. The minimum absolute atomic E-state index is 0.0843. The SMILES string of the molecule is Cc1[nH]c(=O)c(C#N)cc1C(=O)N1CCC[C@H](CCc2c(F)cccc2F)C1. The Morgan fingerprint density at radius 2 is 2.07 bits per heavy atom. The van der Waals surface area contributed by atoms with Gasteiger partial charge in [-0.15, -0.1) is 0 Å². The Labute approximate surface area is 161 Å². The number of likely N-dealkylation sites (tertiary alicyclic amines) is 1. The van der Waals surface area contributed by atoms with E-state index in [1.165, 1.54) is 24.3 Å². The van der Waals surface area contributed by atoms with Gasteiger partial charge in [0.25, 0.3) is 11.5 Å². The van der Waals surface area contributed by atoms with Gasteiger partial charge in [-0.05, 0) is 56.7 Å². The van der Waals surface area contributed by atoms with Crippen LogP contribution in [-0.4, -0.2) is 28.9 Å². The fraction of sp³-hybridized carbons (Fsp3) is 0.381. The normalized spacial score (nSPS) is 16.6. The Balaban J connectivity index is 1.71. The number of aromatic amines is 1. The van der Waals surface area contributed by atoms with Crippen LogP contribution in [0.3, 0.4) is 0 Å². The van der Waals surface area contributed by atoms with Crippen molar-refractivity contribution in [3.8, 4) is 6.07 Å². The van der Waals surface area contributed by atoms with Gasteiger partial charge in [-0.3, -0.25) is 9.59 Å². The number of H-pyrrole nitrogens is 1. The molecule has 0 unspecified atom stereocenters. The highest BCUT2D eigenvalue weighted by molar-refractivity contribution is 5.95. The number of hydrogen-bond acceptors (Lipinski definition) is 3. The molecule has 5 nitrogen and oxygen atoms in total. The van der Waals surface area contributed by atoms with Crippen molar-refractivity contribution >= 4 is 5.91 Å². The zero-order valence-electron chi connectivity index (χ0n) is 15.6. The van der Waals surface area contributed by atoms with Gasteiger partial charge in [-0.1, -0.05) is 6.07 Å². The summed E-state index contributed by atoms with van der Waals surface area (Å²) in [5, 5.41) is 9.03. The van der Waals surface area contributed by atoms with Gasteiger partial charge < -0.3 is 9.88 Å². The molecule has 0 saturated carbocycles. The van der Waals surface area contributed by atoms with Gasteiger partial charge in [0.1, 0.15) is 23.3 Å². The van der Waals surface area contributed by atoms with Gasteiger partial charge >= 0.3 is 0 Å². The number of piperidine rings is 1. The maximum atomic E-state index is 13.8. The summed E-state index contributed by atoms with van der Waals surface area (Å²) in [5.41, 5.74) is 0.195. The highest BCUT2D eigenvalue weighted by atomic mass is 19.1. The minimum atomic E-state index is -0.545. The second-order valence-electron chi connectivity index (χ2n) is 7.16. The number of nitrogens with zero attached hydrogens (tertiary/aromatic N) is 2. The van der Waals surface area contributed by atoms with E-state index in [1.54, 1.807) is 17.9 Å². The lowest BCUT2D eigenvalue weighted by atomic mass is 9.91. The van der Waals surface area contributed by atoms with E-state index in [4.69, 9.17) is 5.26 Å². The van der Waals surface area contributed by atoms with E-state index >= 15 is 0 Å². The summed E-state index contributed by atoms with van der Waals surface area (Å²) in [6, 6.07) is 6.97. The van der Waals surface area contributed by atoms with E-state index in [0.29, 0.717) is 30.8 Å². The van der Waals surface area contributed by atoms with Crippen LogP contribution in [0.25, 0.3) is 0 Å². The van der Waals surface area contributed by atoms with Gasteiger partial charge in [0.05, 0.1) is 5.56 Å². The number of hydrogen-bond donors (Lipinski definition) is 1. The number of halogens is 2. The lowest BCUT2D eigenvalue weighted by Gasteiger charge is -2.33. The molecule has 1 amide bonds. The molecule has 1 aliphatic heterocycles. The first-order chi connectivity index (χ1) is 13.4. The Morgan fingerprint density at radius 1 is 1.36 bits per heavy atom. The van der Waals surface area contributed by atoms with Crippen molar-refractivity contribution in [1.29, 1.82) is 5.26 Å². The molecule has 1 aliphatic rings. The average molecular weight is 385 g/mol. The first kappa shape index (κ1) is 19.7. The van der Waals surface area contributed by atoms with Gasteiger partial charge in [-0.25, -0.2) is 8.78 Å². The second-order valence-corrected chi connectivity index (χ2v) is 7.16. The average Bonchev–Trinajstić information content (AvgIpc) is 2.67. The number of rotatable bonds is 4. The summed E-state index contributed by atoms with van der Waals surface area (Å²) >= 11 is 0. The van der Waals surface area contributed by atoms with Crippen LogP contribution in [0.1, 0.15) is 46.4 Å². The molecule has 0 aliphatic carbocycles. The lowest BCUT2D eigenvalue weighted by molar-refractivity contribution is 0.0666. The van der Waals surface area contributed by atoms with Crippen LogP contribution < -0.4 is 5.56 Å². The molecule has 2 aromatic rings. The highest BCUT2D eigenvalue weighted by Gasteiger charge is 2.26. The van der Waals surface area contributed by atoms with Crippen molar-refractivity contribution in [2.75, 3.05) is 13.1 Å². The van der Waals surface area contributed by atoms with Crippen LogP contribution in [0, 0.1) is 35.8 Å². The summed E-state index contributed by atoms with van der Waals surface area (Å²) < 4.78 is 27.6. The maximum absolute atomic E-state index is 13.8. The Hall–Kier alpha value is -3.01. The molecule has 0 spiro atoms. The quantitative estimate of drug-likeness (QED) is 0.877. The minimum Gasteiger partial charge on any atom is -0.338 e. The van der Waals surface area contributed by atoms with Crippen LogP contribution >= 0.6 is 0 Å². The van der Waals surface area contributed by atoms with E-state index in [0.717, 1.165) is 12.8 Å². The standard InChI is InChI=1S/C21H21F2N3O2/c1-13-17(10-15(11-24)20(27)25-13)21(28)26-9-3-4-14(12-26)7-8-16-18(22)5-2-6-19(16)23/h2,5-6,10,14H,3-4,7-9,12H2,1H3,(H,25,27)/t14-/m1/s1. The van der Waals surface area contributed by atoms with Crippen molar-refractivity contribution in [2.45, 2.75) is 32.6 Å². The third-order valence-corrected chi connectivity index (χ3v) is 5.26. The fourth-order valence-corrected chi connectivity index (χ4v) is 3.70. The summed E-state index contributed by atoms with van der Waals surface area (Å²) in [5.74, 6) is -1.20. The van der Waals surface area contributed by atoms with Gasteiger partial charge in [0, 0.05) is 24.3 Å². The molecule has 1 fully saturated rings. The van der Waals surface area contributed by atoms with Crippen LogP contribution in [0.15, 0.2) is 29.1 Å². The van der Waals surface area contributed by atoms with E-state index in [9.17, 15) is 18.4 Å². The highest BCUT2D eigenvalue weighted by Crippen LogP contribution is 2.25. The monoisotopic (exact) mass is 385 g/mol. The summed E-state index contributed by atoms with van der Waals surface area (Å²) in [6.07, 6.45) is 2.54. The molecule has 1 N–H and O–H groups in total. The summed E-state index contributed by atoms with van der Waals surface area (Å²) in [4.78, 5) is 28.8. The number of nitrogens with one attached hydrogen (secondary N) is 1. The first-order valence-electron chi connectivity index (χ1n) is 9.27. The third-order valence-electron chi connectivity index (χ3n) is 5.26. The molecule has 1 atom stereocenters. The van der Waals surface area contributed by atoms with Crippen LogP contribution in [0.2, 0.25) is 0 Å². The number of nitriles is 1. The number of carbonyl (C=O) groups excluding carboxylic acids is 1. The van der Waals surface area contributed by atoms with Crippen LogP contribution in [-0.2, 0) is 6.42 Å². The van der Waals surface area contributed by atoms with Crippen molar-refractivity contribution < 1.29 is 13.6 Å². The van der Waals surface area contributed by atoms with Crippen molar-refractivity contribution in [3.05, 3.63) is 68.6 Å². The molecule has 0 radical (unpaired) electrons. The second kappa shape index (κ2) is 8.34. The largest absolute Gasteiger partial charge is 0.338 e. The maximum Gasteiger partial charge on any atom is 0.266 e. The van der Waals surface area contributed by atoms with Crippen LogP contribution in [0.4, 0.5) is 8.78 Å². The molecule has 146 valence electrons. The fourth-order valence-electron chi connectivity index (χ4n) is 3.70. The van der Waals surface area contributed by atoms with Gasteiger partial charge in [-0.2, -0.15) is 5.26 Å². The number of aryl methyl sites for hydroxylation is 1. The van der Waals surface area contributed by atoms with E-state index in [1.807, 2.05) is 0 Å². The molecular formula is C21H21F2N3O2. The third kappa shape index (κ3) is 4.11. The molecular weight excluding hydrogens is 364 g/mol. The van der Waals surface area contributed by atoms with Crippen molar-refractivity contribution in [3.63, 3.8) is 0 Å². The van der Waals surface area contributed by atoms with Gasteiger partial charge in [0.2, 0.25) is 0 Å². The number of pyridine rings is 1. The first-order valence-corrected chi connectivity index (χ1v) is 9.27. The van der Waals surface area contributed by atoms with Crippen molar-refractivity contribution in [1.82, 2.24) is 9.88 Å². The zero-order chi connectivity index (χ0) is 20.3. The van der Waals surface area contributed by atoms with Crippen molar-refractivity contribution in [2.24, 2.45) is 5.92 Å². The topological polar surface area (TPSA) is 77.0 Å². The smallest absolute Gasteiger partial charge is 0.266 e. The Bertz CT molecular complexity index is 974. The molecule has 1 aromatic heterocycles. The predicted molar refractivity (Wildman–Crippen MR) is 99.8 cm³/mol. The van der Waals surface area contributed by atoms with E-state index in [-0.39, 0.29) is 29.4 Å². The van der Waals surface area contributed by atoms with Crippen LogP contribution in [0.5, 0.6) is 0 Å². The van der Waals surface area contributed by atoms with Gasteiger partial charge in [0.15, 0.2) is 0 Å². The molecule has 7 heteroatoms. The Morgan fingerprint density at radius 3 is 2.75 bits per heavy atom. The zero-order valence-corrected chi connectivity index (χ0v) is 15.6. The molecule has 2 heterocycles. The molecule has 28 heavy (non-hydrogen) atoms. The molecule has 1 aromatic carbocycles. The summed E-state index contributed by atoms with van der Waals surface area (Å²) in [7, 11) is 0. The number of carbonyl (C=O) groups is 1. The summed E-state index contributed by atoms with van der Waals surface area (Å²) in [6.45, 7) is 2.68. The number of benzene rings is 1. The van der Waals surface area contributed by atoms with E-state index in [2.05, 4.69) is 4.98 Å². The molecule has 0 bridgehead atoms. The lowest BCUT2D eigenvalue weighted by Crippen LogP contribution is -2.40. The number of amides is 1. The van der Waals surface area contributed by atoms with E-state index < -0.39 is 17.2 Å². The molecule has 3 rings (SSSR count).